The van der Waals surface area contributed by atoms with E-state index in [1.54, 1.807) is 18.2 Å². The second-order valence-corrected chi connectivity index (χ2v) is 7.01. The molecule has 0 bridgehead atoms. The van der Waals surface area contributed by atoms with Crippen LogP contribution in [-0.2, 0) is 9.84 Å². The number of hydrogen-bond donors (Lipinski definition) is 3. The van der Waals surface area contributed by atoms with Gasteiger partial charge in [-0.15, -0.1) is 0 Å². The van der Waals surface area contributed by atoms with Crippen LogP contribution in [0.5, 0.6) is 0 Å². The van der Waals surface area contributed by atoms with Gasteiger partial charge in [0.15, 0.2) is 9.84 Å². The quantitative estimate of drug-likeness (QED) is 0.683. The predicted molar refractivity (Wildman–Crippen MR) is 74.6 cm³/mol. The summed E-state index contributed by atoms with van der Waals surface area (Å²) in [7, 11) is -2.90. The molecule has 19 heavy (non-hydrogen) atoms. The minimum Gasteiger partial charge on any atom is -0.397 e. The van der Waals surface area contributed by atoms with Crippen molar-refractivity contribution in [1.29, 1.82) is 0 Å². The Bertz CT molecular complexity index is 598. The summed E-state index contributed by atoms with van der Waals surface area (Å²) in [5.41, 5.74) is 12.3. The molecule has 0 radical (unpaired) electrons. The summed E-state index contributed by atoms with van der Waals surface area (Å²) >= 11 is 0. The summed E-state index contributed by atoms with van der Waals surface area (Å²) in [6.45, 7) is 0.466. The van der Waals surface area contributed by atoms with Gasteiger partial charge in [-0.2, -0.15) is 0 Å². The first kappa shape index (κ1) is 13.7. The minimum atomic E-state index is -2.90. The maximum Gasteiger partial charge on any atom is 0.250 e. The molecule has 1 amide bonds. The minimum absolute atomic E-state index is 0.0466. The average molecular weight is 283 g/mol. The van der Waals surface area contributed by atoms with Crippen molar-refractivity contribution >= 4 is 27.1 Å². The van der Waals surface area contributed by atoms with E-state index < -0.39 is 15.7 Å². The fourth-order valence-electron chi connectivity index (χ4n) is 2.25. The standard InChI is InChI=1S/C12H17N3O3S/c13-10-3-1-2-9(12(14)16)11(10)15-6-8-4-5-19(17,18)7-8/h1-3,8,15H,4-7,13H2,(H2,14,16). The number of hydrogen-bond acceptors (Lipinski definition) is 5. The van der Waals surface area contributed by atoms with Crippen molar-refractivity contribution in [3.8, 4) is 0 Å². The molecular weight excluding hydrogens is 266 g/mol. The largest absolute Gasteiger partial charge is 0.397 e. The fraction of sp³-hybridized carbons (Fsp3) is 0.417. The number of benzene rings is 1. The van der Waals surface area contributed by atoms with Gasteiger partial charge in [0.25, 0.3) is 5.91 Å². The molecule has 1 aliphatic rings. The Balaban J connectivity index is 2.10. The highest BCUT2D eigenvalue weighted by Crippen LogP contribution is 2.25. The molecule has 1 unspecified atom stereocenters. The van der Waals surface area contributed by atoms with Crippen molar-refractivity contribution < 1.29 is 13.2 Å². The zero-order chi connectivity index (χ0) is 14.0. The maximum atomic E-state index is 11.4. The van der Waals surface area contributed by atoms with E-state index in [1.165, 1.54) is 0 Å². The zero-order valence-electron chi connectivity index (χ0n) is 10.4. The molecular formula is C12H17N3O3S. The summed E-state index contributed by atoms with van der Waals surface area (Å²) in [5.74, 6) is -0.107. The Morgan fingerprint density at radius 2 is 2.16 bits per heavy atom. The highest BCUT2D eigenvalue weighted by atomic mass is 32.2. The second-order valence-electron chi connectivity index (χ2n) is 4.78. The van der Waals surface area contributed by atoms with E-state index in [0.717, 1.165) is 0 Å². The number of amides is 1. The van der Waals surface area contributed by atoms with Gasteiger partial charge in [-0.05, 0) is 24.5 Å². The van der Waals surface area contributed by atoms with Crippen molar-refractivity contribution in [2.45, 2.75) is 6.42 Å². The zero-order valence-corrected chi connectivity index (χ0v) is 11.2. The molecule has 104 valence electrons. The number of carbonyl (C=O) groups is 1. The van der Waals surface area contributed by atoms with Gasteiger partial charge in [0.1, 0.15) is 0 Å². The van der Waals surface area contributed by atoms with Crippen LogP contribution in [0.3, 0.4) is 0 Å². The molecule has 6 nitrogen and oxygen atoms in total. The first-order chi connectivity index (χ1) is 8.89. The third-order valence-corrected chi connectivity index (χ3v) is 5.09. The van der Waals surface area contributed by atoms with Gasteiger partial charge in [0.2, 0.25) is 0 Å². The first-order valence-electron chi connectivity index (χ1n) is 6.01. The molecule has 1 aromatic rings. The van der Waals surface area contributed by atoms with Gasteiger partial charge >= 0.3 is 0 Å². The first-order valence-corrected chi connectivity index (χ1v) is 7.84. The summed E-state index contributed by atoms with van der Waals surface area (Å²) < 4.78 is 22.7. The molecule has 7 heteroatoms. The maximum absolute atomic E-state index is 11.4. The van der Waals surface area contributed by atoms with E-state index in [9.17, 15) is 13.2 Å². The third-order valence-electron chi connectivity index (χ3n) is 3.26. The molecule has 0 saturated carbocycles. The Morgan fingerprint density at radius 1 is 1.42 bits per heavy atom. The van der Waals surface area contributed by atoms with Crippen molar-refractivity contribution in [1.82, 2.24) is 0 Å². The average Bonchev–Trinajstić information content (AvgIpc) is 2.67. The molecule has 2 rings (SSSR count). The SMILES string of the molecule is NC(=O)c1cccc(N)c1NCC1CCS(=O)(=O)C1. The number of nitrogens with two attached hydrogens (primary N) is 2. The van der Waals surface area contributed by atoms with E-state index in [-0.39, 0.29) is 17.4 Å². The van der Waals surface area contributed by atoms with Crippen LogP contribution in [-0.4, -0.2) is 32.4 Å². The van der Waals surface area contributed by atoms with Crippen LogP contribution < -0.4 is 16.8 Å². The Morgan fingerprint density at radius 3 is 2.74 bits per heavy atom. The Hall–Kier alpha value is -1.76. The molecule has 1 fully saturated rings. The van der Waals surface area contributed by atoms with Crippen LogP contribution >= 0.6 is 0 Å². The van der Waals surface area contributed by atoms with Crippen molar-refractivity contribution in [3.63, 3.8) is 0 Å². The van der Waals surface area contributed by atoms with Gasteiger partial charge in [0, 0.05) is 6.54 Å². The molecule has 1 heterocycles. The number of carbonyl (C=O) groups excluding carboxylic acids is 1. The number of sulfone groups is 1. The smallest absolute Gasteiger partial charge is 0.250 e. The number of nitrogens with one attached hydrogen (secondary N) is 1. The summed E-state index contributed by atoms with van der Waals surface area (Å²) in [6.07, 6.45) is 0.633. The third kappa shape index (κ3) is 3.17. The highest BCUT2D eigenvalue weighted by molar-refractivity contribution is 7.91. The van der Waals surface area contributed by atoms with Crippen molar-refractivity contribution in [3.05, 3.63) is 23.8 Å². The molecule has 1 saturated heterocycles. The molecule has 1 aromatic carbocycles. The number of anilines is 2. The summed E-state index contributed by atoms with van der Waals surface area (Å²) in [6, 6.07) is 4.91. The highest BCUT2D eigenvalue weighted by Gasteiger charge is 2.27. The van der Waals surface area contributed by atoms with Crippen LogP contribution in [0.2, 0.25) is 0 Å². The fourth-order valence-corrected chi connectivity index (χ4v) is 4.11. The molecule has 0 spiro atoms. The predicted octanol–water partition coefficient (Wildman–Crippen LogP) is 0.214. The number of rotatable bonds is 4. The van der Waals surface area contributed by atoms with Gasteiger partial charge < -0.3 is 16.8 Å². The summed E-state index contributed by atoms with van der Waals surface area (Å²) in [5, 5.41) is 3.05. The molecule has 0 aromatic heterocycles. The van der Waals surface area contributed by atoms with E-state index in [0.29, 0.717) is 29.9 Å². The molecule has 5 N–H and O–H groups in total. The van der Waals surface area contributed by atoms with E-state index in [1.807, 2.05) is 0 Å². The van der Waals surface area contributed by atoms with Gasteiger partial charge in [0.05, 0.1) is 28.4 Å². The van der Waals surface area contributed by atoms with E-state index in [2.05, 4.69) is 5.32 Å². The molecule has 0 aliphatic carbocycles. The summed E-state index contributed by atoms with van der Waals surface area (Å²) in [4.78, 5) is 11.3. The monoisotopic (exact) mass is 283 g/mol. The van der Waals surface area contributed by atoms with Crippen molar-refractivity contribution in [2.24, 2.45) is 11.7 Å². The lowest BCUT2D eigenvalue weighted by Crippen LogP contribution is -2.20. The van der Waals surface area contributed by atoms with Crippen LogP contribution in [0, 0.1) is 5.92 Å². The van der Waals surface area contributed by atoms with Crippen LogP contribution in [0.1, 0.15) is 16.8 Å². The number of para-hydroxylation sites is 1. The molecule has 1 atom stereocenters. The Labute approximate surface area is 112 Å². The van der Waals surface area contributed by atoms with Gasteiger partial charge in [-0.1, -0.05) is 6.07 Å². The van der Waals surface area contributed by atoms with Crippen LogP contribution in [0.15, 0.2) is 18.2 Å². The number of nitrogen functional groups attached to an aromatic ring is 1. The topological polar surface area (TPSA) is 115 Å². The lowest BCUT2D eigenvalue weighted by molar-refractivity contribution is 0.100. The molecule has 1 aliphatic heterocycles. The number of primary amides is 1. The second kappa shape index (κ2) is 5.08. The van der Waals surface area contributed by atoms with Gasteiger partial charge in [-0.3, -0.25) is 4.79 Å². The Kier molecular flexibility index (Phi) is 3.66. The van der Waals surface area contributed by atoms with E-state index >= 15 is 0 Å². The van der Waals surface area contributed by atoms with Crippen LogP contribution in [0.25, 0.3) is 0 Å². The normalized spacial score (nSPS) is 21.2. The lowest BCUT2D eigenvalue weighted by atomic mass is 10.1. The van der Waals surface area contributed by atoms with E-state index in [4.69, 9.17) is 11.5 Å². The lowest BCUT2D eigenvalue weighted by Gasteiger charge is -2.15. The van der Waals surface area contributed by atoms with Crippen molar-refractivity contribution in [2.75, 3.05) is 29.1 Å². The van der Waals surface area contributed by atoms with Crippen LogP contribution in [0.4, 0.5) is 11.4 Å². The van der Waals surface area contributed by atoms with Gasteiger partial charge in [-0.25, -0.2) is 8.42 Å².